The molecule has 0 atom stereocenters. The number of carbonyl (C=O) groups excluding carboxylic acids is 2. The lowest BCUT2D eigenvalue weighted by molar-refractivity contribution is -0.151. The molecule has 184 valence electrons. The molecule has 35 heavy (non-hydrogen) atoms. The molecule has 7 nitrogen and oxygen atoms in total. The fourth-order valence-electron chi connectivity index (χ4n) is 5.01. The van der Waals surface area contributed by atoms with Crippen molar-refractivity contribution in [1.82, 2.24) is 14.8 Å². The number of anilines is 1. The largest absolute Gasteiger partial charge is 0.459 e. The third-order valence-corrected chi connectivity index (χ3v) is 8.03. The molecule has 3 aromatic rings. The summed E-state index contributed by atoms with van der Waals surface area (Å²) in [5, 5.41) is 5.71. The number of piperidine rings is 1. The Morgan fingerprint density at radius 1 is 1.17 bits per heavy atom. The van der Waals surface area contributed by atoms with Crippen molar-refractivity contribution in [2.45, 2.75) is 37.7 Å². The molecule has 0 unspecified atom stereocenters. The average Bonchev–Trinajstić information content (AvgIpc) is 3.49. The van der Waals surface area contributed by atoms with Crippen LogP contribution in [-0.4, -0.2) is 72.5 Å². The second-order valence-corrected chi connectivity index (χ2v) is 10.7. The minimum Gasteiger partial charge on any atom is -0.459 e. The van der Waals surface area contributed by atoms with Crippen LogP contribution in [0.2, 0.25) is 0 Å². The Hall–Kier alpha value is -2.97. The van der Waals surface area contributed by atoms with Crippen LogP contribution in [0.15, 0.2) is 41.8 Å². The number of nitrogens with zero attached hydrogens (tertiary/aromatic N) is 3. The molecule has 8 heteroatoms. The highest BCUT2D eigenvalue weighted by Crippen LogP contribution is 2.36. The number of rotatable bonds is 7. The van der Waals surface area contributed by atoms with E-state index in [4.69, 9.17) is 9.72 Å². The Morgan fingerprint density at radius 2 is 1.94 bits per heavy atom. The zero-order chi connectivity index (χ0) is 24.4. The number of aromatic nitrogens is 1. The highest BCUT2D eigenvalue weighted by atomic mass is 32.1. The SMILES string of the molecule is CN(C)C(=O)c1ccc(-c2cc(NCCCN3CCC4(CCC(=O)O4)CC3)c3sccc3n2)cc1. The van der Waals surface area contributed by atoms with Crippen molar-refractivity contribution in [3.63, 3.8) is 0 Å². The number of pyridine rings is 1. The third kappa shape index (κ3) is 5.18. The second-order valence-electron chi connectivity index (χ2n) is 9.75. The molecule has 2 saturated heterocycles. The van der Waals surface area contributed by atoms with Gasteiger partial charge in [0, 0.05) is 51.3 Å². The maximum atomic E-state index is 12.2. The number of esters is 1. The Labute approximate surface area is 210 Å². The van der Waals surface area contributed by atoms with Crippen LogP contribution in [0.5, 0.6) is 0 Å². The fraction of sp³-hybridized carbons (Fsp3) is 0.444. The van der Waals surface area contributed by atoms with Gasteiger partial charge in [-0.15, -0.1) is 11.3 Å². The van der Waals surface area contributed by atoms with E-state index in [1.807, 2.05) is 24.3 Å². The molecule has 0 radical (unpaired) electrons. The molecular weight excluding hydrogens is 460 g/mol. The van der Waals surface area contributed by atoms with E-state index < -0.39 is 0 Å². The summed E-state index contributed by atoms with van der Waals surface area (Å²) in [6.45, 7) is 3.90. The number of benzene rings is 1. The van der Waals surface area contributed by atoms with Gasteiger partial charge in [-0.3, -0.25) is 9.59 Å². The number of carbonyl (C=O) groups is 2. The lowest BCUT2D eigenvalue weighted by Crippen LogP contribution is -2.44. The minimum absolute atomic E-state index is 0.00622. The summed E-state index contributed by atoms with van der Waals surface area (Å²) in [6, 6.07) is 11.8. The van der Waals surface area contributed by atoms with E-state index in [1.165, 1.54) is 0 Å². The molecule has 1 amide bonds. The number of fused-ring (bicyclic) bond motifs is 1. The first-order valence-corrected chi connectivity index (χ1v) is 13.2. The highest BCUT2D eigenvalue weighted by Gasteiger charge is 2.42. The van der Waals surface area contributed by atoms with Gasteiger partial charge in [0.1, 0.15) is 5.60 Å². The van der Waals surface area contributed by atoms with Gasteiger partial charge in [-0.05, 0) is 61.9 Å². The maximum absolute atomic E-state index is 12.2. The molecule has 0 aliphatic carbocycles. The number of amides is 1. The summed E-state index contributed by atoms with van der Waals surface area (Å²) in [6.07, 6.45) is 4.41. The molecule has 2 aliphatic heterocycles. The quantitative estimate of drug-likeness (QED) is 0.383. The number of nitrogens with one attached hydrogen (secondary N) is 1. The number of thiophene rings is 1. The Kier molecular flexibility index (Phi) is 6.75. The average molecular weight is 493 g/mol. The first kappa shape index (κ1) is 23.8. The van der Waals surface area contributed by atoms with Crippen molar-refractivity contribution in [3.8, 4) is 11.3 Å². The van der Waals surface area contributed by atoms with E-state index in [9.17, 15) is 9.59 Å². The van der Waals surface area contributed by atoms with Crippen LogP contribution in [0.4, 0.5) is 5.69 Å². The minimum atomic E-state index is -0.179. The molecule has 2 aromatic heterocycles. The summed E-state index contributed by atoms with van der Waals surface area (Å²) in [5.74, 6) is -0.0365. The lowest BCUT2D eigenvalue weighted by Gasteiger charge is -2.38. The van der Waals surface area contributed by atoms with Crippen molar-refractivity contribution >= 4 is 39.1 Å². The van der Waals surface area contributed by atoms with E-state index in [0.29, 0.717) is 12.0 Å². The van der Waals surface area contributed by atoms with E-state index in [2.05, 4.69) is 27.7 Å². The van der Waals surface area contributed by atoms with E-state index in [1.54, 1.807) is 30.3 Å². The van der Waals surface area contributed by atoms with Crippen LogP contribution in [0.25, 0.3) is 21.5 Å². The number of hydrogen-bond donors (Lipinski definition) is 1. The first-order valence-electron chi connectivity index (χ1n) is 12.3. The first-order chi connectivity index (χ1) is 16.9. The van der Waals surface area contributed by atoms with E-state index >= 15 is 0 Å². The normalized spacial score (nSPS) is 17.6. The summed E-state index contributed by atoms with van der Waals surface area (Å²) in [5.41, 5.74) is 4.46. The standard InChI is InChI=1S/C27H32N4O3S/c1-30(2)26(33)20-6-4-19(5-7-20)22-18-23(25-21(29-22)9-17-35-25)28-13-3-14-31-15-11-27(12-16-31)10-8-24(32)34-27/h4-7,9,17-18H,3,8,10-16H2,1-2H3,(H,28,29). The lowest BCUT2D eigenvalue weighted by atomic mass is 9.88. The van der Waals surface area contributed by atoms with Crippen LogP contribution in [0.3, 0.4) is 0 Å². The monoisotopic (exact) mass is 492 g/mol. The Balaban J connectivity index is 1.20. The van der Waals surface area contributed by atoms with Crippen molar-refractivity contribution in [2.24, 2.45) is 0 Å². The van der Waals surface area contributed by atoms with Crippen molar-refractivity contribution in [2.75, 3.05) is 45.6 Å². The third-order valence-electron chi connectivity index (χ3n) is 7.09. The molecule has 1 N–H and O–H groups in total. The fourth-order valence-corrected chi connectivity index (χ4v) is 5.84. The molecular formula is C27H32N4O3S. The Morgan fingerprint density at radius 3 is 2.63 bits per heavy atom. The van der Waals surface area contributed by atoms with Gasteiger partial charge in [0.25, 0.3) is 5.91 Å². The van der Waals surface area contributed by atoms with Gasteiger partial charge in [0.2, 0.25) is 0 Å². The van der Waals surface area contributed by atoms with Gasteiger partial charge in [-0.2, -0.15) is 0 Å². The molecule has 4 heterocycles. The summed E-state index contributed by atoms with van der Waals surface area (Å²) < 4.78 is 6.79. The van der Waals surface area contributed by atoms with Crippen LogP contribution in [0.1, 0.15) is 42.5 Å². The summed E-state index contributed by atoms with van der Waals surface area (Å²) in [7, 11) is 3.52. The summed E-state index contributed by atoms with van der Waals surface area (Å²) >= 11 is 1.70. The van der Waals surface area contributed by atoms with Crippen molar-refractivity contribution in [3.05, 3.63) is 47.3 Å². The van der Waals surface area contributed by atoms with Gasteiger partial charge in [-0.25, -0.2) is 4.98 Å². The molecule has 5 rings (SSSR count). The summed E-state index contributed by atoms with van der Waals surface area (Å²) in [4.78, 5) is 32.6. The maximum Gasteiger partial charge on any atom is 0.306 e. The highest BCUT2D eigenvalue weighted by molar-refractivity contribution is 7.17. The molecule has 0 bridgehead atoms. The van der Waals surface area contributed by atoms with Gasteiger partial charge in [0.05, 0.1) is 21.6 Å². The number of hydrogen-bond acceptors (Lipinski definition) is 7. The Bertz CT molecular complexity index is 1210. The van der Waals surface area contributed by atoms with Gasteiger partial charge in [0.15, 0.2) is 0 Å². The van der Waals surface area contributed by atoms with Crippen LogP contribution in [-0.2, 0) is 9.53 Å². The van der Waals surface area contributed by atoms with Crippen molar-refractivity contribution < 1.29 is 14.3 Å². The molecule has 2 aliphatic rings. The van der Waals surface area contributed by atoms with Crippen LogP contribution in [0, 0.1) is 0 Å². The molecule has 2 fully saturated rings. The van der Waals surface area contributed by atoms with Gasteiger partial charge in [-0.1, -0.05) is 12.1 Å². The van der Waals surface area contributed by atoms with Crippen LogP contribution >= 0.6 is 11.3 Å². The van der Waals surface area contributed by atoms with Crippen molar-refractivity contribution in [1.29, 1.82) is 0 Å². The van der Waals surface area contributed by atoms with E-state index in [0.717, 1.165) is 79.0 Å². The van der Waals surface area contributed by atoms with Crippen LogP contribution < -0.4 is 5.32 Å². The van der Waals surface area contributed by atoms with Gasteiger partial charge >= 0.3 is 5.97 Å². The topological polar surface area (TPSA) is 74.8 Å². The molecule has 0 saturated carbocycles. The number of ether oxygens (including phenoxy) is 1. The zero-order valence-electron chi connectivity index (χ0n) is 20.4. The molecule has 1 spiro atoms. The molecule has 1 aromatic carbocycles. The van der Waals surface area contributed by atoms with E-state index in [-0.39, 0.29) is 17.5 Å². The smallest absolute Gasteiger partial charge is 0.306 e. The second kappa shape index (κ2) is 9.95. The predicted molar refractivity (Wildman–Crippen MR) is 140 cm³/mol. The zero-order valence-corrected chi connectivity index (χ0v) is 21.2. The predicted octanol–water partition coefficient (Wildman–Crippen LogP) is 4.64. The van der Waals surface area contributed by atoms with Gasteiger partial charge < -0.3 is 19.9 Å². The number of likely N-dealkylation sites (tertiary alicyclic amines) is 1.